The number of halogens is 1. The van der Waals surface area contributed by atoms with Crippen LogP contribution in [0.25, 0.3) is 6.08 Å². The number of benzene rings is 2. The van der Waals surface area contributed by atoms with Crippen molar-refractivity contribution in [1.82, 2.24) is 5.32 Å². The number of hydrogen-bond donors (Lipinski definition) is 1. The van der Waals surface area contributed by atoms with Crippen molar-refractivity contribution in [2.45, 2.75) is 19.4 Å². The van der Waals surface area contributed by atoms with Gasteiger partial charge in [0.25, 0.3) is 0 Å². The molecule has 0 unspecified atom stereocenters. The molecule has 1 saturated heterocycles. The van der Waals surface area contributed by atoms with Crippen molar-refractivity contribution in [2.75, 3.05) is 11.4 Å². The Labute approximate surface area is 146 Å². The number of rotatable bonds is 5. The van der Waals surface area contributed by atoms with Crippen LogP contribution in [-0.4, -0.2) is 18.4 Å². The predicted octanol–water partition coefficient (Wildman–Crippen LogP) is 3.28. The fourth-order valence-corrected chi connectivity index (χ4v) is 2.75. The highest BCUT2D eigenvalue weighted by Gasteiger charge is 2.21. The van der Waals surface area contributed by atoms with E-state index >= 15 is 0 Å². The first kappa shape index (κ1) is 16.9. The summed E-state index contributed by atoms with van der Waals surface area (Å²) in [5.74, 6) is -0.395. The fourth-order valence-electron chi connectivity index (χ4n) is 2.75. The Hall–Kier alpha value is -2.95. The molecule has 0 aromatic heterocycles. The van der Waals surface area contributed by atoms with Crippen molar-refractivity contribution in [3.05, 3.63) is 71.6 Å². The van der Waals surface area contributed by atoms with Gasteiger partial charge in [0.05, 0.1) is 0 Å². The monoisotopic (exact) mass is 338 g/mol. The second kappa shape index (κ2) is 7.75. The fraction of sp³-hybridized carbons (Fsp3) is 0.200. The van der Waals surface area contributed by atoms with Crippen LogP contribution in [-0.2, 0) is 16.1 Å². The van der Waals surface area contributed by atoms with Gasteiger partial charge in [0.1, 0.15) is 5.82 Å². The molecule has 4 nitrogen and oxygen atoms in total. The third-order valence-corrected chi connectivity index (χ3v) is 4.06. The summed E-state index contributed by atoms with van der Waals surface area (Å²) in [6.07, 6.45) is 4.53. The maximum Gasteiger partial charge on any atom is 0.244 e. The Morgan fingerprint density at radius 3 is 2.72 bits per heavy atom. The molecule has 1 N–H and O–H groups in total. The van der Waals surface area contributed by atoms with Crippen molar-refractivity contribution in [2.24, 2.45) is 0 Å². The molecular formula is C20H19FN2O2. The van der Waals surface area contributed by atoms with E-state index in [0.29, 0.717) is 13.0 Å². The van der Waals surface area contributed by atoms with Crippen LogP contribution < -0.4 is 10.2 Å². The first-order chi connectivity index (χ1) is 12.1. The standard InChI is InChI=1S/C20H19FN2O2/c21-17-9-6-15(7-10-17)8-11-19(24)22-14-16-3-1-4-18(13-16)23-12-2-5-20(23)25/h1,3-4,6-11,13H,2,5,12,14H2,(H,22,24)/b11-8+. The van der Waals surface area contributed by atoms with E-state index in [4.69, 9.17) is 0 Å². The van der Waals surface area contributed by atoms with E-state index in [1.165, 1.54) is 18.2 Å². The average molecular weight is 338 g/mol. The Bertz CT molecular complexity index is 800. The lowest BCUT2D eigenvalue weighted by Gasteiger charge is -2.16. The van der Waals surface area contributed by atoms with Crippen LogP contribution in [0.5, 0.6) is 0 Å². The first-order valence-corrected chi connectivity index (χ1v) is 8.22. The predicted molar refractivity (Wildman–Crippen MR) is 95.3 cm³/mol. The van der Waals surface area contributed by atoms with Gasteiger partial charge < -0.3 is 10.2 Å². The normalized spacial score (nSPS) is 14.3. The first-order valence-electron chi connectivity index (χ1n) is 8.22. The van der Waals surface area contributed by atoms with E-state index in [9.17, 15) is 14.0 Å². The van der Waals surface area contributed by atoms with Crippen LogP contribution in [0.1, 0.15) is 24.0 Å². The van der Waals surface area contributed by atoms with Gasteiger partial charge in [0, 0.05) is 31.3 Å². The molecule has 2 aromatic carbocycles. The second-order valence-corrected chi connectivity index (χ2v) is 5.92. The molecule has 128 valence electrons. The molecule has 0 aliphatic carbocycles. The van der Waals surface area contributed by atoms with Gasteiger partial charge in [-0.05, 0) is 47.9 Å². The number of carbonyl (C=O) groups is 2. The Morgan fingerprint density at radius 1 is 1.20 bits per heavy atom. The van der Waals surface area contributed by atoms with Crippen LogP contribution in [0.4, 0.5) is 10.1 Å². The van der Waals surface area contributed by atoms with Gasteiger partial charge in [-0.2, -0.15) is 0 Å². The molecule has 0 spiro atoms. The number of carbonyl (C=O) groups excluding carboxylic acids is 2. The smallest absolute Gasteiger partial charge is 0.244 e. The molecule has 25 heavy (non-hydrogen) atoms. The molecule has 0 saturated carbocycles. The number of hydrogen-bond acceptors (Lipinski definition) is 2. The van der Waals surface area contributed by atoms with E-state index in [1.807, 2.05) is 24.3 Å². The minimum atomic E-state index is -0.307. The van der Waals surface area contributed by atoms with Crippen molar-refractivity contribution >= 4 is 23.6 Å². The minimum absolute atomic E-state index is 0.142. The third kappa shape index (κ3) is 4.53. The molecular weight excluding hydrogens is 319 g/mol. The Kier molecular flexibility index (Phi) is 5.23. The van der Waals surface area contributed by atoms with Crippen molar-refractivity contribution < 1.29 is 14.0 Å². The maximum atomic E-state index is 12.8. The van der Waals surface area contributed by atoms with Crippen molar-refractivity contribution in [3.63, 3.8) is 0 Å². The summed E-state index contributed by atoms with van der Waals surface area (Å²) in [5.41, 5.74) is 2.56. The molecule has 2 aromatic rings. The van der Waals surface area contributed by atoms with Gasteiger partial charge in [-0.25, -0.2) is 4.39 Å². The summed E-state index contributed by atoms with van der Waals surface area (Å²) in [7, 11) is 0. The van der Waals surface area contributed by atoms with Crippen molar-refractivity contribution in [3.8, 4) is 0 Å². The molecule has 1 aliphatic heterocycles. The number of nitrogens with zero attached hydrogens (tertiary/aromatic N) is 1. The van der Waals surface area contributed by atoms with Crippen molar-refractivity contribution in [1.29, 1.82) is 0 Å². The molecule has 1 aliphatic rings. The second-order valence-electron chi connectivity index (χ2n) is 5.92. The molecule has 1 heterocycles. The van der Waals surface area contributed by atoms with Gasteiger partial charge in [-0.3, -0.25) is 9.59 Å². The zero-order valence-corrected chi connectivity index (χ0v) is 13.7. The summed E-state index contributed by atoms with van der Waals surface area (Å²) < 4.78 is 12.8. The maximum absolute atomic E-state index is 12.8. The van der Waals surface area contributed by atoms with E-state index in [0.717, 1.165) is 29.8 Å². The van der Waals surface area contributed by atoms with E-state index in [2.05, 4.69) is 5.32 Å². The van der Waals surface area contributed by atoms with Crippen LogP contribution in [0.3, 0.4) is 0 Å². The summed E-state index contributed by atoms with van der Waals surface area (Å²) in [4.78, 5) is 25.5. The molecule has 1 fully saturated rings. The van der Waals surface area contributed by atoms with Crippen LogP contribution in [0.15, 0.2) is 54.6 Å². The van der Waals surface area contributed by atoms with Gasteiger partial charge >= 0.3 is 0 Å². The van der Waals surface area contributed by atoms with E-state index in [1.54, 1.807) is 23.1 Å². The van der Waals surface area contributed by atoms with Gasteiger partial charge in [-0.15, -0.1) is 0 Å². The zero-order valence-electron chi connectivity index (χ0n) is 13.7. The minimum Gasteiger partial charge on any atom is -0.348 e. The van der Waals surface area contributed by atoms with Gasteiger partial charge in [0.2, 0.25) is 11.8 Å². The lowest BCUT2D eigenvalue weighted by atomic mass is 10.2. The third-order valence-electron chi connectivity index (χ3n) is 4.06. The topological polar surface area (TPSA) is 49.4 Å². The largest absolute Gasteiger partial charge is 0.348 e. The molecule has 0 radical (unpaired) electrons. The molecule has 2 amide bonds. The highest BCUT2D eigenvalue weighted by Crippen LogP contribution is 2.22. The lowest BCUT2D eigenvalue weighted by molar-refractivity contribution is -0.117. The summed E-state index contributed by atoms with van der Waals surface area (Å²) in [6, 6.07) is 13.5. The average Bonchev–Trinajstić information content (AvgIpc) is 3.06. The summed E-state index contributed by atoms with van der Waals surface area (Å²) in [5, 5.41) is 2.81. The van der Waals surface area contributed by atoms with Crippen LogP contribution >= 0.6 is 0 Å². The van der Waals surface area contributed by atoms with Crippen LogP contribution in [0.2, 0.25) is 0 Å². The number of anilines is 1. The number of nitrogens with one attached hydrogen (secondary N) is 1. The molecule has 3 rings (SSSR count). The molecule has 0 atom stereocenters. The van der Waals surface area contributed by atoms with Crippen LogP contribution in [0, 0.1) is 5.82 Å². The Morgan fingerprint density at radius 2 is 2.00 bits per heavy atom. The quantitative estimate of drug-likeness (QED) is 0.851. The van der Waals surface area contributed by atoms with Gasteiger partial charge in [0.15, 0.2) is 0 Å². The molecule has 0 bridgehead atoms. The number of amides is 2. The Balaban J connectivity index is 1.57. The summed E-state index contributed by atoms with van der Waals surface area (Å²) >= 11 is 0. The van der Waals surface area contributed by atoms with E-state index < -0.39 is 0 Å². The zero-order chi connectivity index (χ0) is 17.6. The highest BCUT2D eigenvalue weighted by atomic mass is 19.1. The highest BCUT2D eigenvalue weighted by molar-refractivity contribution is 5.95. The van der Waals surface area contributed by atoms with E-state index in [-0.39, 0.29) is 17.6 Å². The summed E-state index contributed by atoms with van der Waals surface area (Å²) in [6.45, 7) is 1.12. The SMILES string of the molecule is O=C(/C=C/c1ccc(F)cc1)NCc1cccc(N2CCCC2=O)c1. The molecule has 5 heteroatoms. The van der Waals surface area contributed by atoms with Gasteiger partial charge in [-0.1, -0.05) is 24.3 Å². The lowest BCUT2D eigenvalue weighted by Crippen LogP contribution is -2.24.